The molecule has 0 radical (unpaired) electrons. The fourth-order valence-corrected chi connectivity index (χ4v) is 5.85. The number of nitrogens with zero attached hydrogens (tertiary/aromatic N) is 1. The number of carboxylic acid groups (broad SMARTS) is 1. The third-order valence-electron chi connectivity index (χ3n) is 7.69. The maximum absolute atomic E-state index is 13.4. The van der Waals surface area contributed by atoms with Gasteiger partial charge in [-0.25, -0.2) is 9.59 Å². The zero-order chi connectivity index (χ0) is 23.4. The third-order valence-corrected chi connectivity index (χ3v) is 7.69. The van der Waals surface area contributed by atoms with E-state index in [0.29, 0.717) is 25.9 Å². The Balaban J connectivity index is 1.15. The van der Waals surface area contributed by atoms with Crippen LogP contribution < -0.4 is 5.32 Å². The first kappa shape index (κ1) is 21.2. The van der Waals surface area contributed by atoms with Crippen LogP contribution in [-0.2, 0) is 19.1 Å². The van der Waals surface area contributed by atoms with Crippen molar-refractivity contribution in [1.29, 1.82) is 0 Å². The van der Waals surface area contributed by atoms with Gasteiger partial charge in [-0.3, -0.25) is 4.79 Å². The van der Waals surface area contributed by atoms with Gasteiger partial charge >= 0.3 is 12.1 Å². The molecule has 3 fully saturated rings. The maximum Gasteiger partial charge on any atom is 0.408 e. The number of carbonyl (C=O) groups excluding carboxylic acids is 2. The predicted octanol–water partition coefficient (Wildman–Crippen LogP) is 2.90. The molecule has 1 saturated carbocycles. The van der Waals surface area contributed by atoms with E-state index in [2.05, 4.69) is 17.4 Å². The normalized spacial score (nSPS) is 25.9. The highest BCUT2D eigenvalue weighted by Crippen LogP contribution is 2.45. The standard InChI is InChI=1S/C26H26N2O6/c29-23(30)21-13-22-20(9-12-33-22)28(21)24(31)26(10-11-26)27-25(32)34-14-19-17-7-3-1-5-15(17)16-6-2-4-8-18(16)19/h1-8,19-22H,9-14H2,(H,27,32)(H,29,30). The van der Waals surface area contributed by atoms with Gasteiger partial charge in [0, 0.05) is 18.9 Å². The van der Waals surface area contributed by atoms with Gasteiger partial charge in [0.25, 0.3) is 0 Å². The van der Waals surface area contributed by atoms with Crippen molar-refractivity contribution in [3.8, 4) is 11.1 Å². The van der Waals surface area contributed by atoms with E-state index in [1.54, 1.807) is 0 Å². The number of alkyl carbamates (subject to hydrolysis) is 1. The zero-order valence-corrected chi connectivity index (χ0v) is 18.6. The number of carbonyl (C=O) groups is 3. The molecular weight excluding hydrogens is 436 g/mol. The SMILES string of the molecule is O=C(NC1(C(=O)N2C(C(=O)O)CC3OCCC32)CC1)OCC1c2ccccc2-c2ccccc21. The zero-order valence-electron chi connectivity index (χ0n) is 18.6. The monoisotopic (exact) mass is 462 g/mol. The second-order valence-electron chi connectivity index (χ2n) is 9.60. The Morgan fingerprint density at radius 1 is 1.06 bits per heavy atom. The Labute approximate surface area is 196 Å². The molecule has 3 atom stereocenters. The highest BCUT2D eigenvalue weighted by Gasteiger charge is 2.60. The van der Waals surface area contributed by atoms with E-state index in [1.807, 2.05) is 36.4 Å². The van der Waals surface area contributed by atoms with E-state index in [1.165, 1.54) is 4.90 Å². The van der Waals surface area contributed by atoms with Crippen LogP contribution >= 0.6 is 0 Å². The number of amides is 2. The minimum atomic E-state index is -1.09. The Morgan fingerprint density at radius 2 is 1.71 bits per heavy atom. The first-order valence-corrected chi connectivity index (χ1v) is 11.8. The third kappa shape index (κ3) is 3.27. The van der Waals surface area contributed by atoms with E-state index < -0.39 is 23.6 Å². The molecule has 8 nitrogen and oxygen atoms in total. The molecule has 2 aromatic rings. The van der Waals surface area contributed by atoms with Crippen LogP contribution in [0.1, 0.15) is 42.7 Å². The molecule has 0 spiro atoms. The summed E-state index contributed by atoms with van der Waals surface area (Å²) >= 11 is 0. The summed E-state index contributed by atoms with van der Waals surface area (Å²) in [5, 5.41) is 12.4. The first-order valence-electron chi connectivity index (χ1n) is 11.8. The van der Waals surface area contributed by atoms with Gasteiger partial charge < -0.3 is 24.8 Å². The van der Waals surface area contributed by atoms with Gasteiger partial charge in [0.2, 0.25) is 5.91 Å². The Morgan fingerprint density at radius 3 is 2.32 bits per heavy atom. The molecule has 2 aromatic carbocycles. The summed E-state index contributed by atoms with van der Waals surface area (Å²) in [6.45, 7) is 0.669. The Hall–Kier alpha value is -3.39. The lowest BCUT2D eigenvalue weighted by atomic mass is 9.98. The molecule has 2 saturated heterocycles. The van der Waals surface area contributed by atoms with E-state index >= 15 is 0 Å². The van der Waals surface area contributed by atoms with Crippen LogP contribution in [0.5, 0.6) is 0 Å². The van der Waals surface area contributed by atoms with E-state index in [9.17, 15) is 19.5 Å². The lowest BCUT2D eigenvalue weighted by Crippen LogP contribution is -2.56. The average molecular weight is 463 g/mol. The lowest BCUT2D eigenvalue weighted by Gasteiger charge is -2.31. The maximum atomic E-state index is 13.4. The Kier molecular flexibility index (Phi) is 4.88. The lowest BCUT2D eigenvalue weighted by molar-refractivity contribution is -0.151. The molecule has 6 rings (SSSR count). The fourth-order valence-electron chi connectivity index (χ4n) is 5.85. The van der Waals surface area contributed by atoms with Crippen LogP contribution in [-0.4, -0.2) is 64.9 Å². The van der Waals surface area contributed by atoms with Crippen molar-refractivity contribution in [3.63, 3.8) is 0 Å². The van der Waals surface area contributed by atoms with Crippen molar-refractivity contribution < 1.29 is 29.0 Å². The van der Waals surface area contributed by atoms with Gasteiger partial charge in [-0.15, -0.1) is 0 Å². The van der Waals surface area contributed by atoms with Crippen molar-refractivity contribution in [1.82, 2.24) is 10.2 Å². The van der Waals surface area contributed by atoms with Gasteiger partial charge in [0.05, 0.1) is 12.1 Å². The van der Waals surface area contributed by atoms with Crippen LogP contribution in [0.2, 0.25) is 0 Å². The fraction of sp³-hybridized carbons (Fsp3) is 0.423. The molecule has 2 N–H and O–H groups in total. The first-order chi connectivity index (χ1) is 16.5. The molecular formula is C26H26N2O6. The number of fused-ring (bicyclic) bond motifs is 4. The summed E-state index contributed by atoms with van der Waals surface area (Å²) in [6, 6.07) is 15.0. The number of rotatable bonds is 5. The van der Waals surface area contributed by atoms with E-state index in [4.69, 9.17) is 9.47 Å². The van der Waals surface area contributed by atoms with Crippen LogP contribution in [0.4, 0.5) is 4.79 Å². The predicted molar refractivity (Wildman–Crippen MR) is 121 cm³/mol. The number of benzene rings is 2. The van der Waals surface area contributed by atoms with Gasteiger partial charge in [-0.1, -0.05) is 48.5 Å². The minimum absolute atomic E-state index is 0.0737. The molecule has 176 valence electrons. The van der Waals surface area contributed by atoms with Crippen molar-refractivity contribution in [2.24, 2.45) is 0 Å². The van der Waals surface area contributed by atoms with Crippen molar-refractivity contribution >= 4 is 18.0 Å². The van der Waals surface area contributed by atoms with Crippen LogP contribution in [0.15, 0.2) is 48.5 Å². The second kappa shape index (κ2) is 7.84. The van der Waals surface area contributed by atoms with Gasteiger partial charge in [-0.05, 0) is 41.5 Å². The summed E-state index contributed by atoms with van der Waals surface area (Å²) in [5.74, 6) is -1.45. The topological polar surface area (TPSA) is 105 Å². The quantitative estimate of drug-likeness (QED) is 0.708. The summed E-state index contributed by atoms with van der Waals surface area (Å²) in [6.07, 6.45) is 0.927. The molecule has 4 aliphatic rings. The van der Waals surface area contributed by atoms with Gasteiger partial charge in [0.15, 0.2) is 0 Å². The Bertz CT molecular complexity index is 1130. The second-order valence-corrected chi connectivity index (χ2v) is 9.60. The van der Waals surface area contributed by atoms with E-state index in [0.717, 1.165) is 22.3 Å². The van der Waals surface area contributed by atoms with Crippen LogP contribution in [0, 0.1) is 0 Å². The minimum Gasteiger partial charge on any atom is -0.480 e. The molecule has 2 aliphatic heterocycles. The number of likely N-dealkylation sites (tertiary alicyclic amines) is 1. The average Bonchev–Trinajstić information content (AvgIpc) is 3.18. The number of carboxylic acids is 1. The number of ether oxygens (including phenoxy) is 2. The number of aliphatic carboxylic acids is 1. The molecule has 8 heteroatoms. The highest BCUT2D eigenvalue weighted by molar-refractivity contribution is 5.96. The van der Waals surface area contributed by atoms with Crippen molar-refractivity contribution in [3.05, 3.63) is 59.7 Å². The molecule has 0 bridgehead atoms. The molecule has 3 unspecified atom stereocenters. The number of nitrogens with one attached hydrogen (secondary N) is 1. The van der Waals surface area contributed by atoms with Gasteiger partial charge in [0.1, 0.15) is 18.2 Å². The summed E-state index contributed by atoms with van der Waals surface area (Å²) < 4.78 is 11.3. The summed E-state index contributed by atoms with van der Waals surface area (Å²) in [7, 11) is 0. The van der Waals surface area contributed by atoms with Gasteiger partial charge in [-0.2, -0.15) is 0 Å². The summed E-state index contributed by atoms with van der Waals surface area (Å²) in [4.78, 5) is 39.5. The summed E-state index contributed by atoms with van der Waals surface area (Å²) in [5.41, 5.74) is 3.42. The van der Waals surface area contributed by atoms with Crippen molar-refractivity contribution in [2.75, 3.05) is 13.2 Å². The van der Waals surface area contributed by atoms with Crippen LogP contribution in [0.3, 0.4) is 0 Å². The van der Waals surface area contributed by atoms with Crippen molar-refractivity contribution in [2.45, 2.75) is 55.3 Å². The molecule has 2 amide bonds. The number of hydrogen-bond acceptors (Lipinski definition) is 5. The molecule has 2 aliphatic carbocycles. The molecule has 34 heavy (non-hydrogen) atoms. The highest BCUT2D eigenvalue weighted by atomic mass is 16.5. The molecule has 2 heterocycles. The molecule has 0 aromatic heterocycles. The largest absolute Gasteiger partial charge is 0.480 e. The van der Waals surface area contributed by atoms with E-state index in [-0.39, 0.29) is 37.0 Å². The number of hydrogen-bond donors (Lipinski definition) is 2. The smallest absolute Gasteiger partial charge is 0.408 e. The van der Waals surface area contributed by atoms with Crippen LogP contribution in [0.25, 0.3) is 11.1 Å².